The van der Waals surface area contributed by atoms with Crippen molar-refractivity contribution in [1.29, 1.82) is 0 Å². The second-order valence-corrected chi connectivity index (χ2v) is 12.2. The van der Waals surface area contributed by atoms with Crippen LogP contribution in [0.1, 0.15) is 50.7 Å². The quantitative estimate of drug-likeness (QED) is 0.250. The molecule has 3 aromatic carbocycles. The summed E-state index contributed by atoms with van der Waals surface area (Å²) in [6, 6.07) is 21.5. The van der Waals surface area contributed by atoms with Gasteiger partial charge in [-0.05, 0) is 79.3 Å². The van der Waals surface area contributed by atoms with Gasteiger partial charge in [-0.3, -0.25) is 4.79 Å². The van der Waals surface area contributed by atoms with Crippen LogP contribution in [0.25, 0.3) is 6.08 Å². The maximum Gasteiger partial charge on any atom is 0.262 e. The van der Waals surface area contributed by atoms with Crippen molar-refractivity contribution in [3.63, 3.8) is 0 Å². The molecule has 3 atom stereocenters. The number of carbonyl (C=O) groups excluding carboxylic acids is 1. The average molecular weight is 598 g/mol. The molecule has 1 N–H and O–H groups in total. The number of para-hydroxylation sites is 1. The van der Waals surface area contributed by atoms with E-state index in [1.165, 1.54) is 6.42 Å². The number of halogens is 2. The molecule has 5 rings (SSSR count). The Hall–Kier alpha value is -2.80. The summed E-state index contributed by atoms with van der Waals surface area (Å²) >= 11 is 14.3. The SMILES string of the molecule is CCOc1cc(/C=C2\SC(Nc3ccccc3)N([C@H]3CCCC[C@H]3C)C2=O)cc(Cl)c1OCc1ccc(Cl)cc1. The molecule has 210 valence electrons. The number of carbonyl (C=O) groups is 1. The van der Waals surface area contributed by atoms with Crippen molar-refractivity contribution >= 4 is 52.6 Å². The average Bonchev–Trinajstić information content (AvgIpc) is 3.24. The summed E-state index contributed by atoms with van der Waals surface area (Å²) in [6.07, 6.45) is 6.44. The Balaban J connectivity index is 1.42. The predicted molar refractivity (Wildman–Crippen MR) is 166 cm³/mol. The fourth-order valence-electron chi connectivity index (χ4n) is 5.33. The third-order valence-corrected chi connectivity index (χ3v) is 9.00. The molecule has 1 saturated carbocycles. The standard InChI is InChI=1S/C32H34Cl2N2O3S/c1-3-38-28-18-23(17-26(34)30(28)39-20-22-13-15-24(33)16-14-22)19-29-31(37)36(27-12-8-7-9-21(27)2)32(40-29)35-25-10-5-4-6-11-25/h4-6,10-11,13-19,21,27,32,35H,3,7-9,12,20H2,1-2H3/b29-19-/t21-,27+,32?/m1/s1. The second kappa shape index (κ2) is 13.2. The summed E-state index contributed by atoms with van der Waals surface area (Å²) in [6.45, 7) is 4.96. The van der Waals surface area contributed by atoms with Gasteiger partial charge >= 0.3 is 0 Å². The number of benzene rings is 3. The lowest BCUT2D eigenvalue weighted by Crippen LogP contribution is -2.48. The zero-order valence-electron chi connectivity index (χ0n) is 22.7. The van der Waals surface area contributed by atoms with Crippen LogP contribution < -0.4 is 14.8 Å². The molecule has 0 spiro atoms. The van der Waals surface area contributed by atoms with Crippen LogP contribution in [-0.2, 0) is 11.4 Å². The Morgan fingerprint density at radius 1 is 1.02 bits per heavy atom. The van der Waals surface area contributed by atoms with Gasteiger partial charge in [0.15, 0.2) is 17.0 Å². The summed E-state index contributed by atoms with van der Waals surface area (Å²) in [4.78, 5) is 16.6. The number of amides is 1. The molecule has 0 bridgehead atoms. The molecule has 0 radical (unpaired) electrons. The van der Waals surface area contributed by atoms with E-state index in [-0.39, 0.29) is 17.4 Å². The van der Waals surface area contributed by atoms with Crippen molar-refractivity contribution in [2.75, 3.05) is 11.9 Å². The maximum absolute atomic E-state index is 13.9. The van der Waals surface area contributed by atoms with Crippen molar-refractivity contribution in [2.45, 2.75) is 57.7 Å². The number of rotatable bonds is 9. The number of hydrogen-bond donors (Lipinski definition) is 1. The maximum atomic E-state index is 13.9. The van der Waals surface area contributed by atoms with Crippen LogP contribution in [0.15, 0.2) is 71.6 Å². The van der Waals surface area contributed by atoms with E-state index < -0.39 is 0 Å². The summed E-state index contributed by atoms with van der Waals surface area (Å²) in [5, 5.41) is 4.69. The summed E-state index contributed by atoms with van der Waals surface area (Å²) < 4.78 is 12.0. The summed E-state index contributed by atoms with van der Waals surface area (Å²) in [5.41, 5.74) is 2.57. The first-order valence-electron chi connectivity index (χ1n) is 13.8. The molecule has 3 aromatic rings. The Bertz CT molecular complexity index is 1350. The van der Waals surface area contributed by atoms with E-state index in [4.69, 9.17) is 32.7 Å². The summed E-state index contributed by atoms with van der Waals surface area (Å²) in [7, 11) is 0. The fraction of sp³-hybridized carbons (Fsp3) is 0.344. The minimum atomic E-state index is -0.185. The van der Waals surface area contributed by atoms with E-state index in [0.717, 1.165) is 36.1 Å². The summed E-state index contributed by atoms with van der Waals surface area (Å²) in [5.74, 6) is 1.53. The van der Waals surface area contributed by atoms with E-state index in [2.05, 4.69) is 17.1 Å². The molecule has 0 aromatic heterocycles. The number of ether oxygens (including phenoxy) is 2. The molecule has 5 nitrogen and oxygen atoms in total. The fourth-order valence-corrected chi connectivity index (χ4v) is 6.94. The van der Waals surface area contributed by atoms with E-state index in [1.54, 1.807) is 11.8 Å². The zero-order chi connectivity index (χ0) is 28.1. The highest BCUT2D eigenvalue weighted by molar-refractivity contribution is 8.05. The Morgan fingerprint density at radius 2 is 1.77 bits per heavy atom. The number of nitrogens with one attached hydrogen (secondary N) is 1. The first kappa shape index (κ1) is 28.7. The predicted octanol–water partition coefficient (Wildman–Crippen LogP) is 8.86. The molecule has 1 unspecified atom stereocenters. The van der Waals surface area contributed by atoms with E-state index >= 15 is 0 Å². The topological polar surface area (TPSA) is 50.8 Å². The van der Waals surface area contributed by atoms with Crippen molar-refractivity contribution < 1.29 is 14.3 Å². The number of thioether (sulfide) groups is 1. The van der Waals surface area contributed by atoms with Gasteiger partial charge in [-0.1, -0.05) is 85.1 Å². The normalized spacial score (nSPS) is 22.0. The van der Waals surface area contributed by atoms with Crippen molar-refractivity contribution in [2.24, 2.45) is 5.92 Å². The molecule has 1 heterocycles. The number of anilines is 1. The van der Waals surface area contributed by atoms with E-state index in [9.17, 15) is 4.79 Å². The van der Waals surface area contributed by atoms with Crippen LogP contribution in [-0.4, -0.2) is 29.0 Å². The van der Waals surface area contributed by atoms with Gasteiger partial charge in [0.25, 0.3) is 5.91 Å². The minimum absolute atomic E-state index is 0.0503. The van der Waals surface area contributed by atoms with Gasteiger partial charge < -0.3 is 19.7 Å². The molecule has 40 heavy (non-hydrogen) atoms. The molecule has 1 amide bonds. The van der Waals surface area contributed by atoms with Crippen LogP contribution in [0.5, 0.6) is 11.5 Å². The zero-order valence-corrected chi connectivity index (χ0v) is 25.1. The van der Waals surface area contributed by atoms with Crippen LogP contribution in [0, 0.1) is 5.92 Å². The molecule has 1 aliphatic heterocycles. The minimum Gasteiger partial charge on any atom is -0.490 e. The molecule has 1 saturated heterocycles. The largest absolute Gasteiger partial charge is 0.490 e. The first-order valence-corrected chi connectivity index (χ1v) is 15.4. The third kappa shape index (κ3) is 6.73. The Morgan fingerprint density at radius 3 is 2.50 bits per heavy atom. The lowest BCUT2D eigenvalue weighted by molar-refractivity contribution is -0.129. The monoisotopic (exact) mass is 596 g/mol. The smallest absolute Gasteiger partial charge is 0.262 e. The van der Waals surface area contributed by atoms with Crippen molar-refractivity contribution in [3.8, 4) is 11.5 Å². The Labute approximate surface area is 250 Å². The molecule has 1 aliphatic carbocycles. The molecule has 8 heteroatoms. The van der Waals surface area contributed by atoms with Gasteiger partial charge in [-0.15, -0.1) is 0 Å². The molecular weight excluding hydrogens is 563 g/mol. The van der Waals surface area contributed by atoms with Crippen molar-refractivity contribution in [1.82, 2.24) is 4.90 Å². The van der Waals surface area contributed by atoms with Crippen LogP contribution in [0.2, 0.25) is 10.0 Å². The van der Waals surface area contributed by atoms with Gasteiger partial charge in [-0.2, -0.15) is 0 Å². The van der Waals surface area contributed by atoms with Gasteiger partial charge in [-0.25, -0.2) is 0 Å². The van der Waals surface area contributed by atoms with Gasteiger partial charge in [0.05, 0.1) is 16.5 Å². The van der Waals surface area contributed by atoms with Gasteiger partial charge in [0.2, 0.25) is 0 Å². The lowest BCUT2D eigenvalue weighted by Gasteiger charge is -2.39. The lowest BCUT2D eigenvalue weighted by atomic mass is 9.85. The number of nitrogens with zero attached hydrogens (tertiary/aromatic N) is 1. The highest BCUT2D eigenvalue weighted by Gasteiger charge is 2.43. The molecule has 2 aliphatic rings. The molecule has 2 fully saturated rings. The second-order valence-electron chi connectivity index (χ2n) is 10.2. The Kier molecular flexibility index (Phi) is 9.51. The molecular formula is C32H34Cl2N2O3S. The van der Waals surface area contributed by atoms with Crippen LogP contribution >= 0.6 is 35.0 Å². The highest BCUT2D eigenvalue weighted by atomic mass is 35.5. The van der Waals surface area contributed by atoms with Gasteiger partial charge in [0, 0.05) is 16.8 Å². The highest BCUT2D eigenvalue weighted by Crippen LogP contribution is 2.44. The van der Waals surface area contributed by atoms with Crippen LogP contribution in [0.4, 0.5) is 5.69 Å². The third-order valence-electron chi connectivity index (χ3n) is 7.35. The number of hydrogen-bond acceptors (Lipinski definition) is 5. The van der Waals surface area contributed by atoms with E-state index in [0.29, 0.717) is 45.6 Å². The van der Waals surface area contributed by atoms with Crippen molar-refractivity contribution in [3.05, 3.63) is 92.8 Å². The van der Waals surface area contributed by atoms with E-state index in [1.807, 2.05) is 79.7 Å². The van der Waals surface area contributed by atoms with Crippen LogP contribution in [0.3, 0.4) is 0 Å². The first-order chi connectivity index (χ1) is 19.4. The van der Waals surface area contributed by atoms with Gasteiger partial charge in [0.1, 0.15) is 6.61 Å².